The number of Topliss-reactive ketones (excluding diaryl/α,β-unsaturated/α-hetero) is 1. The van der Waals surface area contributed by atoms with Crippen molar-refractivity contribution >= 4 is 23.4 Å². The standard InChI is InChI=1S/C35H51NO8.CH3/c1-7-8-9-10-14-28-29-16-21(2)15-27(20-38)32(41)23(4)17-24(5)34(44-25(6)39)26(19-37)13-11-12-22(3)35(43)36-30(33(29)42)18-31(28)40;/h11-13,17-18,21,23,26-27,32,34,37-38,41H,7-10,14-16,19-20H2,1-6H3,(H,36,43);1H3/q;-1/b13-11-,22-12+,24-17+;/t21-,23-,26+,27+,32?,34-;/m0./s1. The maximum absolute atomic E-state index is 13.7. The van der Waals surface area contributed by atoms with E-state index in [9.17, 15) is 34.5 Å². The minimum atomic E-state index is -0.952. The zero-order valence-corrected chi connectivity index (χ0v) is 28.1. The van der Waals surface area contributed by atoms with E-state index >= 15 is 0 Å². The highest BCUT2D eigenvalue weighted by Gasteiger charge is 2.33. The summed E-state index contributed by atoms with van der Waals surface area (Å²) in [6, 6.07) is 0. The maximum atomic E-state index is 13.7. The van der Waals surface area contributed by atoms with E-state index in [4.69, 9.17) is 4.74 Å². The fraction of sp³-hybridized carbons (Fsp3) is 0.583. The SMILES string of the molecule is CCCCCCC1=C2C[C@@H](C)C[C@H](CO)C(O)[C@@H](C)/C=C(\C)[C@H](OC(C)=O)[C@@H](CO)/C=C\C=C(/C)C(=O)NC(=CC1=O)C2=O.[CH3-]. The molecular weight excluding hydrogens is 574 g/mol. The normalized spacial score (nSPS) is 30.2. The summed E-state index contributed by atoms with van der Waals surface area (Å²) in [6.45, 7) is 9.77. The number of unbranched alkanes of at least 4 members (excludes halogenated alkanes) is 3. The molecule has 9 heteroatoms. The zero-order chi connectivity index (χ0) is 33.0. The Balaban J connectivity index is 0.0000101. The Morgan fingerprint density at radius 3 is 2.36 bits per heavy atom. The van der Waals surface area contributed by atoms with E-state index in [1.54, 1.807) is 39.0 Å². The van der Waals surface area contributed by atoms with E-state index in [2.05, 4.69) is 12.2 Å². The first-order chi connectivity index (χ1) is 20.8. The topological polar surface area (TPSA) is 150 Å². The third-order valence-corrected chi connectivity index (χ3v) is 8.43. The van der Waals surface area contributed by atoms with Gasteiger partial charge >= 0.3 is 5.97 Å². The van der Waals surface area contributed by atoms with Crippen LogP contribution in [0.3, 0.4) is 0 Å². The Bertz CT molecular complexity index is 1210. The molecule has 1 unspecified atom stereocenters. The number of nitrogens with one attached hydrogen (secondary N) is 1. The first-order valence-electron chi connectivity index (χ1n) is 15.8. The molecular formula is C36H54NO8-. The molecule has 0 aromatic heterocycles. The molecule has 0 spiro atoms. The summed E-state index contributed by atoms with van der Waals surface area (Å²) < 4.78 is 5.56. The van der Waals surface area contributed by atoms with Crippen molar-refractivity contribution in [1.29, 1.82) is 0 Å². The van der Waals surface area contributed by atoms with Crippen molar-refractivity contribution in [3.05, 3.63) is 65.8 Å². The van der Waals surface area contributed by atoms with Gasteiger partial charge in [-0.3, -0.25) is 19.2 Å². The molecule has 2 aliphatic rings. The minimum Gasteiger partial charge on any atom is -0.457 e. The monoisotopic (exact) mass is 628 g/mol. The fourth-order valence-electron chi connectivity index (χ4n) is 5.94. The Morgan fingerprint density at radius 1 is 1.07 bits per heavy atom. The van der Waals surface area contributed by atoms with Gasteiger partial charge in [0.15, 0.2) is 5.78 Å². The molecule has 1 aliphatic carbocycles. The first kappa shape index (κ1) is 39.9. The average molecular weight is 629 g/mol. The van der Waals surface area contributed by atoms with Crippen LogP contribution in [0.25, 0.3) is 0 Å². The van der Waals surface area contributed by atoms with Crippen molar-refractivity contribution < 1.29 is 39.2 Å². The lowest BCUT2D eigenvalue weighted by Gasteiger charge is -2.30. The van der Waals surface area contributed by atoms with E-state index < -0.39 is 47.6 Å². The predicted octanol–water partition coefficient (Wildman–Crippen LogP) is 4.88. The predicted molar refractivity (Wildman–Crippen MR) is 175 cm³/mol. The molecule has 2 bridgehead atoms. The lowest BCUT2D eigenvalue weighted by molar-refractivity contribution is -0.146. The van der Waals surface area contributed by atoms with E-state index in [1.807, 2.05) is 6.92 Å². The lowest BCUT2D eigenvalue weighted by Crippen LogP contribution is -2.34. The van der Waals surface area contributed by atoms with Gasteiger partial charge in [-0.2, -0.15) is 0 Å². The molecule has 45 heavy (non-hydrogen) atoms. The van der Waals surface area contributed by atoms with Crippen LogP contribution in [0.2, 0.25) is 0 Å². The lowest BCUT2D eigenvalue weighted by atomic mass is 9.79. The van der Waals surface area contributed by atoms with E-state index in [-0.39, 0.29) is 50.0 Å². The number of fused-ring (bicyclic) bond motifs is 2. The highest BCUT2D eigenvalue weighted by atomic mass is 16.5. The van der Waals surface area contributed by atoms with Gasteiger partial charge in [-0.15, -0.1) is 0 Å². The summed E-state index contributed by atoms with van der Waals surface area (Å²) in [5.74, 6) is -3.56. The summed E-state index contributed by atoms with van der Waals surface area (Å²) in [5, 5.41) is 34.3. The third kappa shape index (κ3) is 11.6. The molecule has 2 rings (SSSR count). The number of ketones is 2. The number of hydrogen-bond acceptors (Lipinski definition) is 8. The van der Waals surface area contributed by atoms with Crippen LogP contribution in [0.4, 0.5) is 0 Å². The van der Waals surface area contributed by atoms with Crippen LogP contribution in [0.5, 0.6) is 0 Å². The number of allylic oxidation sites excluding steroid dienone is 5. The van der Waals surface area contributed by atoms with Crippen LogP contribution in [-0.4, -0.2) is 64.2 Å². The second kappa shape index (κ2) is 19.4. The van der Waals surface area contributed by atoms with Gasteiger partial charge in [0.1, 0.15) is 6.10 Å². The number of ether oxygens (including phenoxy) is 1. The van der Waals surface area contributed by atoms with Gasteiger partial charge in [0, 0.05) is 54.1 Å². The van der Waals surface area contributed by atoms with Crippen molar-refractivity contribution in [2.45, 2.75) is 98.7 Å². The van der Waals surface area contributed by atoms with Gasteiger partial charge in [-0.25, -0.2) is 0 Å². The van der Waals surface area contributed by atoms with Gasteiger partial charge in [0.25, 0.3) is 5.91 Å². The number of carbonyl (C=O) groups excluding carboxylic acids is 4. The fourth-order valence-corrected chi connectivity index (χ4v) is 5.94. The highest BCUT2D eigenvalue weighted by Crippen LogP contribution is 2.32. The quantitative estimate of drug-likeness (QED) is 0.0977. The molecule has 1 heterocycles. The zero-order valence-electron chi connectivity index (χ0n) is 28.1. The van der Waals surface area contributed by atoms with Crippen LogP contribution in [0.1, 0.15) is 86.5 Å². The van der Waals surface area contributed by atoms with Crippen molar-refractivity contribution in [1.82, 2.24) is 5.32 Å². The number of carbonyl (C=O) groups is 4. The summed E-state index contributed by atoms with van der Waals surface area (Å²) in [7, 11) is 0. The molecule has 0 fully saturated rings. The summed E-state index contributed by atoms with van der Waals surface area (Å²) in [4.78, 5) is 52.0. The summed E-state index contributed by atoms with van der Waals surface area (Å²) >= 11 is 0. The van der Waals surface area contributed by atoms with Gasteiger partial charge < -0.3 is 32.8 Å². The Kier molecular flexibility index (Phi) is 17.2. The Labute approximate surface area is 269 Å². The third-order valence-electron chi connectivity index (χ3n) is 8.43. The van der Waals surface area contributed by atoms with Gasteiger partial charge in [0.2, 0.25) is 5.78 Å². The first-order valence-corrected chi connectivity index (χ1v) is 15.8. The van der Waals surface area contributed by atoms with Crippen LogP contribution in [0.15, 0.2) is 58.4 Å². The molecule has 0 aromatic carbocycles. The molecule has 0 radical (unpaired) electrons. The van der Waals surface area contributed by atoms with Gasteiger partial charge in [-0.1, -0.05) is 64.3 Å². The summed E-state index contributed by atoms with van der Waals surface area (Å²) in [6.07, 6.45) is 10.8. The molecule has 1 aliphatic heterocycles. The number of aliphatic hydroxyl groups excluding tert-OH is 3. The van der Waals surface area contributed by atoms with Crippen molar-refractivity contribution in [3.8, 4) is 0 Å². The minimum absolute atomic E-state index is 0. The highest BCUT2D eigenvalue weighted by molar-refractivity contribution is 6.23. The second-order valence-electron chi connectivity index (χ2n) is 12.3. The number of amides is 1. The Morgan fingerprint density at radius 2 is 1.76 bits per heavy atom. The van der Waals surface area contributed by atoms with Crippen molar-refractivity contribution in [2.75, 3.05) is 13.2 Å². The van der Waals surface area contributed by atoms with Crippen LogP contribution >= 0.6 is 0 Å². The number of esters is 1. The molecule has 0 aromatic rings. The van der Waals surface area contributed by atoms with E-state index in [1.165, 1.54) is 19.1 Å². The molecule has 9 nitrogen and oxygen atoms in total. The maximum Gasteiger partial charge on any atom is 0.303 e. The number of hydrogen-bond donors (Lipinski definition) is 4. The largest absolute Gasteiger partial charge is 0.457 e. The van der Waals surface area contributed by atoms with Crippen molar-refractivity contribution in [2.24, 2.45) is 23.7 Å². The Hall–Kier alpha value is -3.14. The van der Waals surface area contributed by atoms with Crippen molar-refractivity contribution in [3.63, 3.8) is 0 Å². The van der Waals surface area contributed by atoms with Crippen LogP contribution < -0.4 is 5.32 Å². The average Bonchev–Trinajstić information content (AvgIpc) is 2.97. The van der Waals surface area contributed by atoms with E-state index in [0.29, 0.717) is 29.6 Å². The molecule has 0 saturated carbocycles. The molecule has 252 valence electrons. The van der Waals surface area contributed by atoms with Crippen LogP contribution in [-0.2, 0) is 23.9 Å². The van der Waals surface area contributed by atoms with E-state index in [0.717, 1.165) is 25.7 Å². The summed E-state index contributed by atoms with van der Waals surface area (Å²) in [5.41, 5.74) is 1.65. The molecule has 4 N–H and O–H groups in total. The van der Waals surface area contributed by atoms with Gasteiger partial charge in [0.05, 0.1) is 18.4 Å². The van der Waals surface area contributed by atoms with Gasteiger partial charge in [-0.05, 0) is 51.0 Å². The molecule has 6 atom stereocenters. The van der Waals surface area contributed by atoms with Crippen LogP contribution in [0, 0.1) is 31.1 Å². The molecule has 0 saturated heterocycles. The second-order valence-corrected chi connectivity index (χ2v) is 12.3. The smallest absolute Gasteiger partial charge is 0.303 e. The number of rotatable bonds is 8. The molecule has 1 amide bonds. The number of aliphatic hydroxyl groups is 3.